The second-order valence-corrected chi connectivity index (χ2v) is 11.7. The highest BCUT2D eigenvalue weighted by Gasteiger charge is 2.45. The zero-order chi connectivity index (χ0) is 23.6. The van der Waals surface area contributed by atoms with Crippen LogP contribution < -0.4 is 0 Å². The van der Waals surface area contributed by atoms with Gasteiger partial charge in [0.15, 0.2) is 0 Å². The van der Waals surface area contributed by atoms with E-state index in [2.05, 4.69) is 0 Å². The number of halogens is 1. The minimum atomic E-state index is -3.93. The van der Waals surface area contributed by atoms with E-state index in [-0.39, 0.29) is 16.7 Å². The molecule has 3 aromatic rings. The Labute approximate surface area is 203 Å². The Morgan fingerprint density at radius 1 is 1.03 bits per heavy atom. The van der Waals surface area contributed by atoms with E-state index < -0.39 is 28.0 Å². The Morgan fingerprint density at radius 3 is 2.36 bits per heavy atom. The van der Waals surface area contributed by atoms with Crippen molar-refractivity contribution >= 4 is 39.4 Å². The number of carboxylic acid groups (broad SMARTS) is 1. The summed E-state index contributed by atoms with van der Waals surface area (Å²) in [5, 5.41) is 10.2. The molecule has 0 aliphatic carbocycles. The third kappa shape index (κ3) is 5.27. The zero-order valence-electron chi connectivity index (χ0n) is 18.0. The fourth-order valence-corrected chi connectivity index (χ4v) is 7.27. The van der Waals surface area contributed by atoms with Crippen LogP contribution >= 0.6 is 23.4 Å². The van der Waals surface area contributed by atoms with Crippen molar-refractivity contribution in [3.8, 4) is 0 Å². The molecule has 1 N–H and O–H groups in total. The molecule has 5 nitrogen and oxygen atoms in total. The molecule has 8 heteroatoms. The lowest BCUT2D eigenvalue weighted by Gasteiger charge is -2.41. The van der Waals surface area contributed by atoms with E-state index in [0.717, 1.165) is 16.0 Å². The molecular weight excluding hydrogens is 478 g/mol. The summed E-state index contributed by atoms with van der Waals surface area (Å²) in [6.45, 7) is 1.77. The maximum absolute atomic E-state index is 13.7. The molecule has 0 aromatic heterocycles. The van der Waals surface area contributed by atoms with Crippen molar-refractivity contribution in [2.75, 3.05) is 6.54 Å². The highest BCUT2D eigenvalue weighted by Crippen LogP contribution is 2.44. The number of rotatable bonds is 6. The van der Waals surface area contributed by atoms with Crippen molar-refractivity contribution in [3.63, 3.8) is 0 Å². The molecule has 0 saturated carbocycles. The number of aliphatic carboxylic acids is 1. The van der Waals surface area contributed by atoms with Gasteiger partial charge < -0.3 is 5.11 Å². The van der Waals surface area contributed by atoms with Crippen LogP contribution in [0.3, 0.4) is 0 Å². The predicted octanol–water partition coefficient (Wildman–Crippen LogP) is 5.65. The Bertz CT molecular complexity index is 1230. The van der Waals surface area contributed by atoms with Crippen LogP contribution in [0.1, 0.15) is 23.6 Å². The minimum Gasteiger partial charge on any atom is -0.481 e. The van der Waals surface area contributed by atoms with Crippen molar-refractivity contribution < 1.29 is 18.3 Å². The molecule has 1 heterocycles. The maximum Gasteiger partial charge on any atom is 0.308 e. The Hall–Kier alpha value is -2.32. The number of nitrogens with zero attached hydrogens (tertiary/aromatic N) is 1. The van der Waals surface area contributed by atoms with Crippen molar-refractivity contribution in [1.29, 1.82) is 0 Å². The highest BCUT2D eigenvalue weighted by molar-refractivity contribution is 8.00. The van der Waals surface area contributed by atoms with Gasteiger partial charge >= 0.3 is 5.97 Å². The van der Waals surface area contributed by atoms with E-state index >= 15 is 0 Å². The summed E-state index contributed by atoms with van der Waals surface area (Å²) in [5.41, 5.74) is 1.70. The number of hydrogen-bond acceptors (Lipinski definition) is 4. The Morgan fingerprint density at radius 2 is 1.73 bits per heavy atom. The third-order valence-corrected chi connectivity index (χ3v) is 9.33. The lowest BCUT2D eigenvalue weighted by molar-refractivity contribution is -0.143. The first-order chi connectivity index (χ1) is 15.8. The molecule has 0 unspecified atom stereocenters. The number of piperidine rings is 1. The van der Waals surface area contributed by atoms with Gasteiger partial charge in [0.1, 0.15) is 0 Å². The monoisotopic (exact) mass is 501 g/mol. The van der Waals surface area contributed by atoms with Crippen molar-refractivity contribution in [3.05, 3.63) is 95.0 Å². The number of aryl methyl sites for hydroxylation is 1. The van der Waals surface area contributed by atoms with Gasteiger partial charge in [0.25, 0.3) is 0 Å². The summed E-state index contributed by atoms with van der Waals surface area (Å²) in [5.74, 6) is -1.86. The van der Waals surface area contributed by atoms with Crippen LogP contribution in [-0.2, 0) is 14.8 Å². The van der Waals surface area contributed by atoms with Gasteiger partial charge in [-0.3, -0.25) is 4.79 Å². The van der Waals surface area contributed by atoms with Gasteiger partial charge in [-0.15, -0.1) is 11.8 Å². The van der Waals surface area contributed by atoms with Crippen molar-refractivity contribution in [2.24, 2.45) is 5.92 Å². The molecule has 1 fully saturated rings. The summed E-state index contributed by atoms with van der Waals surface area (Å²) < 4.78 is 28.7. The van der Waals surface area contributed by atoms with Crippen LogP contribution in [0.25, 0.3) is 0 Å². The first kappa shape index (κ1) is 23.8. The molecule has 0 bridgehead atoms. The van der Waals surface area contributed by atoms with Crippen LogP contribution in [0.2, 0.25) is 5.02 Å². The van der Waals surface area contributed by atoms with Gasteiger partial charge in [0.2, 0.25) is 10.0 Å². The average molecular weight is 502 g/mol. The summed E-state index contributed by atoms with van der Waals surface area (Å²) in [6.07, 6.45) is 0.349. The van der Waals surface area contributed by atoms with Gasteiger partial charge in [-0.05, 0) is 55.3 Å². The topological polar surface area (TPSA) is 74.7 Å². The summed E-state index contributed by atoms with van der Waals surface area (Å²) in [6, 6.07) is 22.8. The van der Waals surface area contributed by atoms with Crippen LogP contribution in [0.4, 0.5) is 0 Å². The number of carbonyl (C=O) groups is 1. The van der Waals surface area contributed by atoms with Gasteiger partial charge in [-0.25, -0.2) is 8.42 Å². The fraction of sp³-hybridized carbons (Fsp3) is 0.240. The van der Waals surface area contributed by atoms with E-state index in [9.17, 15) is 18.3 Å². The van der Waals surface area contributed by atoms with Crippen LogP contribution in [0.5, 0.6) is 0 Å². The number of sulfonamides is 1. The van der Waals surface area contributed by atoms with Gasteiger partial charge in [-0.1, -0.05) is 59.6 Å². The largest absolute Gasteiger partial charge is 0.481 e. The average Bonchev–Trinajstić information content (AvgIpc) is 2.79. The van der Waals surface area contributed by atoms with Crippen molar-refractivity contribution in [2.45, 2.75) is 34.4 Å². The predicted molar refractivity (Wildman–Crippen MR) is 131 cm³/mol. The SMILES string of the molecule is Cc1ccc(S(=O)(=O)N2C[C@@H](C(=O)O)[C@H](Sc3ccccc3)C[C@H]2c2cccc(Cl)c2)cc1. The molecule has 1 aliphatic heterocycles. The molecule has 3 atom stereocenters. The summed E-state index contributed by atoms with van der Waals surface area (Å²) in [4.78, 5) is 13.4. The molecule has 33 heavy (non-hydrogen) atoms. The van der Waals surface area contributed by atoms with E-state index in [1.54, 1.807) is 42.5 Å². The van der Waals surface area contributed by atoms with E-state index in [1.165, 1.54) is 16.1 Å². The van der Waals surface area contributed by atoms with Gasteiger partial charge in [-0.2, -0.15) is 4.31 Å². The first-order valence-electron chi connectivity index (χ1n) is 10.5. The van der Waals surface area contributed by atoms with E-state index in [0.29, 0.717) is 11.4 Å². The molecule has 1 aliphatic rings. The minimum absolute atomic E-state index is 0.118. The van der Waals surface area contributed by atoms with Crippen LogP contribution in [-0.4, -0.2) is 35.6 Å². The third-order valence-electron chi connectivity index (χ3n) is 5.84. The Balaban J connectivity index is 1.77. The second-order valence-electron chi connectivity index (χ2n) is 8.11. The van der Waals surface area contributed by atoms with Crippen molar-refractivity contribution in [1.82, 2.24) is 4.31 Å². The second kappa shape index (κ2) is 9.89. The van der Waals surface area contributed by atoms with E-state index in [1.807, 2.05) is 43.3 Å². The summed E-state index contributed by atoms with van der Waals surface area (Å²) in [7, 11) is -3.93. The number of thioether (sulfide) groups is 1. The molecule has 0 spiro atoms. The number of benzene rings is 3. The Kier molecular flexibility index (Phi) is 7.14. The van der Waals surface area contributed by atoms with E-state index in [4.69, 9.17) is 11.6 Å². The quantitative estimate of drug-likeness (QED) is 0.472. The normalized spacial score (nSPS) is 21.6. The van der Waals surface area contributed by atoms with Gasteiger partial charge in [0.05, 0.1) is 16.9 Å². The van der Waals surface area contributed by atoms with Crippen LogP contribution in [0.15, 0.2) is 88.7 Å². The number of hydrogen-bond donors (Lipinski definition) is 1. The lowest BCUT2D eigenvalue weighted by Crippen LogP contribution is -2.49. The maximum atomic E-state index is 13.7. The fourth-order valence-electron chi connectivity index (χ4n) is 4.11. The molecule has 4 rings (SSSR count). The van der Waals surface area contributed by atoms with Gasteiger partial charge in [0, 0.05) is 21.7 Å². The smallest absolute Gasteiger partial charge is 0.308 e. The molecule has 0 amide bonds. The molecule has 3 aromatic carbocycles. The molecule has 0 radical (unpaired) electrons. The zero-order valence-corrected chi connectivity index (χ0v) is 20.4. The lowest BCUT2D eigenvalue weighted by atomic mass is 9.90. The molecule has 1 saturated heterocycles. The summed E-state index contributed by atoms with van der Waals surface area (Å²) >= 11 is 7.72. The molecule has 172 valence electrons. The van der Waals surface area contributed by atoms with Crippen LogP contribution in [0, 0.1) is 12.8 Å². The standard InChI is InChI=1S/C25H24ClNO4S2/c1-17-10-12-21(13-11-17)33(30,31)27-16-22(25(28)29)24(32-20-8-3-2-4-9-20)15-23(27)18-6-5-7-19(26)14-18/h2-14,22-24H,15-16H2,1H3,(H,28,29)/t22-,23+,24-/m1/s1. The first-order valence-corrected chi connectivity index (χ1v) is 13.2. The number of carboxylic acids is 1. The molecular formula is C25H24ClNO4S2. The highest BCUT2D eigenvalue weighted by atomic mass is 35.5.